The zero-order valence-electron chi connectivity index (χ0n) is 14.9. The quantitative estimate of drug-likeness (QED) is 0.691. The molecule has 1 heterocycles. The first-order valence-electron chi connectivity index (χ1n) is 8.97. The van der Waals surface area contributed by atoms with E-state index in [1.807, 2.05) is 0 Å². The summed E-state index contributed by atoms with van der Waals surface area (Å²) in [6.07, 6.45) is 1.83. The van der Waals surface area contributed by atoms with Crippen molar-refractivity contribution in [3.8, 4) is 11.4 Å². The van der Waals surface area contributed by atoms with Gasteiger partial charge in [0.25, 0.3) is 0 Å². The van der Waals surface area contributed by atoms with Gasteiger partial charge in [-0.1, -0.05) is 23.7 Å². The molecule has 144 valence electrons. The van der Waals surface area contributed by atoms with Gasteiger partial charge in [-0.2, -0.15) is 0 Å². The number of nitrogens with one attached hydrogen (secondary N) is 1. The van der Waals surface area contributed by atoms with Crippen LogP contribution in [0.25, 0.3) is 11.4 Å². The zero-order chi connectivity index (χ0) is 19.7. The second-order valence-corrected chi connectivity index (χ2v) is 7.21. The highest BCUT2D eigenvalue weighted by Gasteiger charge is 2.30. The number of nitrogens with zero attached hydrogens (tertiary/aromatic N) is 3. The lowest BCUT2D eigenvalue weighted by Crippen LogP contribution is -2.33. The highest BCUT2D eigenvalue weighted by Crippen LogP contribution is 2.36. The van der Waals surface area contributed by atoms with Crippen molar-refractivity contribution < 1.29 is 9.18 Å². The molecule has 6 nitrogen and oxygen atoms in total. The molecule has 1 N–H and O–H groups in total. The molecule has 1 saturated carbocycles. The molecule has 0 unspecified atom stereocenters. The van der Waals surface area contributed by atoms with E-state index in [2.05, 4.69) is 10.4 Å². The van der Waals surface area contributed by atoms with Crippen LogP contribution in [0.2, 0.25) is 5.02 Å². The van der Waals surface area contributed by atoms with Gasteiger partial charge in [0.1, 0.15) is 12.4 Å². The Morgan fingerprint density at radius 3 is 2.64 bits per heavy atom. The first-order valence-corrected chi connectivity index (χ1v) is 9.35. The minimum atomic E-state index is -0.366. The van der Waals surface area contributed by atoms with Crippen molar-refractivity contribution in [3.05, 3.63) is 75.4 Å². The van der Waals surface area contributed by atoms with Crippen LogP contribution >= 0.6 is 11.6 Å². The predicted molar refractivity (Wildman–Crippen MR) is 103 cm³/mol. The van der Waals surface area contributed by atoms with Gasteiger partial charge in [-0.15, -0.1) is 5.10 Å². The van der Waals surface area contributed by atoms with Crippen LogP contribution in [0.5, 0.6) is 0 Å². The summed E-state index contributed by atoms with van der Waals surface area (Å²) >= 11 is 5.94. The average molecular weight is 401 g/mol. The summed E-state index contributed by atoms with van der Waals surface area (Å²) in [7, 11) is 0. The third kappa shape index (κ3) is 3.99. The monoisotopic (exact) mass is 400 g/mol. The molecular formula is C20H18ClFN4O2. The minimum Gasteiger partial charge on any atom is -0.350 e. The third-order valence-corrected chi connectivity index (χ3v) is 4.81. The van der Waals surface area contributed by atoms with Crippen LogP contribution in [0.4, 0.5) is 4.39 Å². The van der Waals surface area contributed by atoms with Gasteiger partial charge < -0.3 is 5.32 Å². The molecule has 1 amide bonds. The zero-order valence-corrected chi connectivity index (χ0v) is 15.7. The summed E-state index contributed by atoms with van der Waals surface area (Å²) in [5.41, 5.74) is 1.10. The van der Waals surface area contributed by atoms with E-state index < -0.39 is 0 Å². The number of amides is 1. The second kappa shape index (κ2) is 7.59. The Bertz CT molecular complexity index is 1070. The summed E-state index contributed by atoms with van der Waals surface area (Å²) in [5.74, 6) is -0.199. The average Bonchev–Trinajstić information content (AvgIpc) is 3.46. The lowest BCUT2D eigenvalue weighted by molar-refractivity contribution is -0.122. The standard InChI is InChI=1S/C20H18ClFN4O2/c21-15-6-4-14(5-7-15)19-24-25(20(28)26(19)17-8-9-17)12-18(27)23-11-13-2-1-3-16(22)10-13/h1-7,10,17H,8-9,11-12H2,(H,23,27). The molecule has 0 spiro atoms. The van der Waals surface area contributed by atoms with Gasteiger partial charge in [0.15, 0.2) is 5.82 Å². The summed E-state index contributed by atoms with van der Waals surface area (Å²) in [5, 5.41) is 7.67. The van der Waals surface area contributed by atoms with Crippen LogP contribution in [0, 0.1) is 5.82 Å². The number of benzene rings is 2. The van der Waals surface area contributed by atoms with Crippen molar-refractivity contribution >= 4 is 17.5 Å². The molecule has 0 atom stereocenters. The van der Waals surface area contributed by atoms with Gasteiger partial charge in [0.05, 0.1) is 0 Å². The first-order chi connectivity index (χ1) is 13.5. The van der Waals surface area contributed by atoms with Gasteiger partial charge in [-0.25, -0.2) is 13.9 Å². The highest BCUT2D eigenvalue weighted by molar-refractivity contribution is 6.30. The van der Waals surface area contributed by atoms with E-state index >= 15 is 0 Å². The summed E-state index contributed by atoms with van der Waals surface area (Å²) in [6, 6.07) is 13.2. The Labute approximate surface area is 165 Å². The molecule has 1 fully saturated rings. The third-order valence-electron chi connectivity index (χ3n) is 4.56. The molecule has 0 bridgehead atoms. The lowest BCUT2D eigenvalue weighted by Gasteiger charge is -2.05. The molecule has 0 radical (unpaired) electrons. The van der Waals surface area contributed by atoms with Crippen molar-refractivity contribution in [1.29, 1.82) is 0 Å². The maximum absolute atomic E-state index is 13.2. The summed E-state index contributed by atoms with van der Waals surface area (Å²) in [6.45, 7) is -0.0207. The van der Waals surface area contributed by atoms with Crippen molar-refractivity contribution in [2.24, 2.45) is 0 Å². The maximum Gasteiger partial charge on any atom is 0.346 e. The molecule has 0 aliphatic heterocycles. The molecule has 1 aliphatic rings. The SMILES string of the molecule is O=C(Cn1nc(-c2ccc(Cl)cc2)n(C2CC2)c1=O)NCc1cccc(F)c1. The van der Waals surface area contributed by atoms with Gasteiger partial charge in [-0.3, -0.25) is 9.36 Å². The smallest absolute Gasteiger partial charge is 0.346 e. The predicted octanol–water partition coefficient (Wildman–Crippen LogP) is 3.16. The Morgan fingerprint density at radius 2 is 1.96 bits per heavy atom. The number of carbonyl (C=O) groups is 1. The molecule has 1 aliphatic carbocycles. The number of rotatable bonds is 6. The first kappa shape index (κ1) is 18.4. The van der Waals surface area contributed by atoms with Crippen molar-refractivity contribution in [2.75, 3.05) is 0 Å². The fraction of sp³-hybridized carbons (Fsp3) is 0.250. The molecule has 0 saturated heterocycles. The largest absolute Gasteiger partial charge is 0.350 e. The number of hydrogen-bond acceptors (Lipinski definition) is 3. The highest BCUT2D eigenvalue weighted by atomic mass is 35.5. The van der Waals surface area contributed by atoms with Crippen molar-refractivity contribution in [1.82, 2.24) is 19.7 Å². The van der Waals surface area contributed by atoms with E-state index in [1.54, 1.807) is 41.0 Å². The van der Waals surface area contributed by atoms with Gasteiger partial charge in [-0.05, 0) is 54.8 Å². The topological polar surface area (TPSA) is 68.9 Å². The van der Waals surface area contributed by atoms with Crippen LogP contribution in [-0.2, 0) is 17.9 Å². The van der Waals surface area contributed by atoms with Crippen LogP contribution < -0.4 is 11.0 Å². The van der Waals surface area contributed by atoms with E-state index in [1.165, 1.54) is 16.8 Å². The van der Waals surface area contributed by atoms with Gasteiger partial charge in [0, 0.05) is 23.2 Å². The Morgan fingerprint density at radius 1 is 1.21 bits per heavy atom. The number of carbonyl (C=O) groups excluding carboxylic acids is 1. The molecule has 8 heteroatoms. The van der Waals surface area contributed by atoms with Crippen molar-refractivity contribution in [3.63, 3.8) is 0 Å². The summed E-state index contributed by atoms with van der Waals surface area (Å²) < 4.78 is 16.0. The van der Waals surface area contributed by atoms with E-state index in [0.29, 0.717) is 16.4 Å². The van der Waals surface area contributed by atoms with Crippen LogP contribution in [0.15, 0.2) is 53.3 Å². The molecular weight excluding hydrogens is 383 g/mol. The Kier molecular flexibility index (Phi) is 5.00. The second-order valence-electron chi connectivity index (χ2n) is 6.78. The van der Waals surface area contributed by atoms with Crippen LogP contribution in [0.3, 0.4) is 0 Å². The number of halogens is 2. The Balaban J connectivity index is 1.53. The molecule has 1 aromatic heterocycles. The number of hydrogen-bond donors (Lipinski definition) is 1. The fourth-order valence-corrected chi connectivity index (χ4v) is 3.15. The van der Waals surface area contributed by atoms with E-state index in [9.17, 15) is 14.0 Å². The lowest BCUT2D eigenvalue weighted by atomic mass is 10.2. The molecule has 2 aromatic carbocycles. The summed E-state index contributed by atoms with van der Waals surface area (Å²) in [4.78, 5) is 25.1. The van der Waals surface area contributed by atoms with Crippen molar-refractivity contribution in [2.45, 2.75) is 32.0 Å². The van der Waals surface area contributed by atoms with E-state index in [-0.39, 0.29) is 36.5 Å². The maximum atomic E-state index is 13.2. The minimum absolute atomic E-state index is 0.113. The van der Waals surface area contributed by atoms with Crippen LogP contribution in [-0.4, -0.2) is 20.3 Å². The molecule has 4 rings (SSSR count). The van der Waals surface area contributed by atoms with Gasteiger partial charge >= 0.3 is 5.69 Å². The van der Waals surface area contributed by atoms with E-state index in [0.717, 1.165) is 18.4 Å². The molecule has 3 aromatic rings. The Hall–Kier alpha value is -2.93. The normalized spacial score (nSPS) is 13.5. The van der Waals surface area contributed by atoms with Gasteiger partial charge in [0.2, 0.25) is 5.91 Å². The van der Waals surface area contributed by atoms with E-state index in [4.69, 9.17) is 11.6 Å². The van der Waals surface area contributed by atoms with Crippen LogP contribution in [0.1, 0.15) is 24.4 Å². The number of aromatic nitrogens is 3. The fourth-order valence-electron chi connectivity index (χ4n) is 3.02. The molecule has 28 heavy (non-hydrogen) atoms.